The second-order valence-electron chi connectivity index (χ2n) is 5.48. The lowest BCUT2D eigenvalue weighted by Crippen LogP contribution is -2.56. The molecule has 19 heavy (non-hydrogen) atoms. The van der Waals surface area contributed by atoms with Gasteiger partial charge in [-0.3, -0.25) is 14.4 Å². The van der Waals surface area contributed by atoms with E-state index in [9.17, 15) is 14.4 Å². The molecular weight excluding hydrogens is 246 g/mol. The number of carbonyl (C=O) groups is 3. The highest BCUT2D eigenvalue weighted by atomic mass is 16.2. The molecule has 2 unspecified atom stereocenters. The number of hydrogen-bond donors (Lipinski definition) is 1. The van der Waals surface area contributed by atoms with Gasteiger partial charge in [0.25, 0.3) is 0 Å². The van der Waals surface area contributed by atoms with E-state index in [4.69, 9.17) is 0 Å². The van der Waals surface area contributed by atoms with Gasteiger partial charge in [0.05, 0.1) is 6.54 Å². The third kappa shape index (κ3) is 3.24. The van der Waals surface area contributed by atoms with Crippen LogP contribution in [0.5, 0.6) is 0 Å². The Kier molecular flexibility index (Phi) is 4.07. The van der Waals surface area contributed by atoms with Crippen LogP contribution in [0.3, 0.4) is 0 Å². The minimum atomic E-state index is -0.104. The fourth-order valence-electron chi connectivity index (χ4n) is 2.75. The minimum Gasteiger partial charge on any atom is -0.353 e. The first-order chi connectivity index (χ1) is 8.97. The summed E-state index contributed by atoms with van der Waals surface area (Å²) in [6.45, 7) is 2.94. The van der Waals surface area contributed by atoms with Crippen molar-refractivity contribution in [2.24, 2.45) is 5.92 Å². The van der Waals surface area contributed by atoms with E-state index in [1.54, 1.807) is 7.05 Å². The Bertz CT molecular complexity index is 397. The van der Waals surface area contributed by atoms with Crippen LogP contribution < -0.4 is 5.32 Å². The quantitative estimate of drug-likeness (QED) is 0.739. The highest BCUT2D eigenvalue weighted by Crippen LogP contribution is 2.25. The van der Waals surface area contributed by atoms with Gasteiger partial charge in [0, 0.05) is 39.5 Å². The Hall–Kier alpha value is -1.59. The Balaban J connectivity index is 1.88. The van der Waals surface area contributed by atoms with Crippen molar-refractivity contribution >= 4 is 17.7 Å². The van der Waals surface area contributed by atoms with Gasteiger partial charge in [-0.25, -0.2) is 0 Å². The second kappa shape index (κ2) is 5.59. The molecule has 0 aromatic heterocycles. The van der Waals surface area contributed by atoms with Crippen LogP contribution in [0, 0.1) is 5.92 Å². The van der Waals surface area contributed by atoms with Crippen LogP contribution in [0.25, 0.3) is 0 Å². The number of rotatable bonds is 2. The molecule has 2 saturated heterocycles. The highest BCUT2D eigenvalue weighted by molar-refractivity contribution is 5.84. The fraction of sp³-hybridized carbons (Fsp3) is 0.769. The maximum Gasteiger partial charge on any atom is 0.242 e. The number of fused-ring (bicyclic) bond motifs is 1. The average Bonchev–Trinajstić information content (AvgIpc) is 2.37. The SMILES string of the molecule is CC(=O)N(C)CC(=O)N1CCC2NC(=O)CCC2C1. The van der Waals surface area contributed by atoms with Crippen LogP contribution in [0.1, 0.15) is 26.2 Å². The molecule has 2 aliphatic rings. The summed E-state index contributed by atoms with van der Waals surface area (Å²) < 4.78 is 0. The Labute approximate surface area is 113 Å². The highest BCUT2D eigenvalue weighted by Gasteiger charge is 2.35. The van der Waals surface area contributed by atoms with Crippen molar-refractivity contribution in [2.75, 3.05) is 26.7 Å². The normalized spacial score (nSPS) is 26.4. The molecule has 0 saturated carbocycles. The zero-order valence-corrected chi connectivity index (χ0v) is 11.5. The molecule has 2 aliphatic heterocycles. The largest absolute Gasteiger partial charge is 0.353 e. The molecule has 6 heteroatoms. The summed E-state index contributed by atoms with van der Waals surface area (Å²) in [5.74, 6) is 0.372. The second-order valence-corrected chi connectivity index (χ2v) is 5.48. The summed E-state index contributed by atoms with van der Waals surface area (Å²) in [5.41, 5.74) is 0. The number of nitrogens with zero attached hydrogens (tertiary/aromatic N) is 2. The van der Waals surface area contributed by atoms with Gasteiger partial charge in [-0.05, 0) is 18.8 Å². The predicted molar refractivity (Wildman–Crippen MR) is 69.2 cm³/mol. The Morgan fingerprint density at radius 2 is 2.16 bits per heavy atom. The molecule has 0 aromatic rings. The number of likely N-dealkylation sites (N-methyl/N-ethyl adjacent to an activating group) is 1. The topological polar surface area (TPSA) is 69.7 Å². The van der Waals surface area contributed by atoms with E-state index in [0.717, 1.165) is 12.8 Å². The van der Waals surface area contributed by atoms with Crippen molar-refractivity contribution < 1.29 is 14.4 Å². The van der Waals surface area contributed by atoms with E-state index in [2.05, 4.69) is 5.32 Å². The third-order valence-electron chi connectivity index (χ3n) is 4.09. The van der Waals surface area contributed by atoms with Gasteiger partial charge < -0.3 is 15.1 Å². The molecule has 0 radical (unpaired) electrons. The zero-order valence-electron chi connectivity index (χ0n) is 11.5. The zero-order chi connectivity index (χ0) is 14.0. The van der Waals surface area contributed by atoms with Gasteiger partial charge in [0.2, 0.25) is 17.7 Å². The summed E-state index contributed by atoms with van der Waals surface area (Å²) in [6, 6.07) is 0.218. The van der Waals surface area contributed by atoms with Gasteiger partial charge in [-0.1, -0.05) is 0 Å². The number of hydrogen-bond acceptors (Lipinski definition) is 3. The first-order valence-electron chi connectivity index (χ1n) is 6.76. The van der Waals surface area contributed by atoms with Gasteiger partial charge in [0.1, 0.15) is 0 Å². The number of carbonyl (C=O) groups excluding carboxylic acids is 3. The van der Waals surface area contributed by atoms with Gasteiger partial charge in [-0.15, -0.1) is 0 Å². The molecule has 1 N–H and O–H groups in total. The first-order valence-corrected chi connectivity index (χ1v) is 6.76. The molecule has 0 aliphatic carbocycles. The van der Waals surface area contributed by atoms with Gasteiger partial charge >= 0.3 is 0 Å². The van der Waals surface area contributed by atoms with E-state index in [-0.39, 0.29) is 30.3 Å². The summed E-state index contributed by atoms with van der Waals surface area (Å²) >= 11 is 0. The lowest BCUT2D eigenvalue weighted by molar-refractivity contribution is -0.140. The van der Waals surface area contributed by atoms with Crippen LogP contribution in [0.2, 0.25) is 0 Å². The molecule has 106 valence electrons. The summed E-state index contributed by atoms with van der Waals surface area (Å²) in [7, 11) is 1.63. The van der Waals surface area contributed by atoms with Crippen molar-refractivity contribution in [1.29, 1.82) is 0 Å². The lowest BCUT2D eigenvalue weighted by Gasteiger charge is -2.41. The molecule has 2 fully saturated rings. The summed E-state index contributed by atoms with van der Waals surface area (Å²) in [4.78, 5) is 37.8. The average molecular weight is 267 g/mol. The molecule has 2 rings (SSSR count). The van der Waals surface area contributed by atoms with Crippen molar-refractivity contribution in [2.45, 2.75) is 32.2 Å². The number of piperidine rings is 2. The van der Waals surface area contributed by atoms with Crippen LogP contribution in [0.4, 0.5) is 0 Å². The summed E-state index contributed by atoms with van der Waals surface area (Å²) in [6.07, 6.45) is 2.21. The molecule has 3 amide bonds. The van der Waals surface area contributed by atoms with E-state index in [1.165, 1.54) is 11.8 Å². The van der Waals surface area contributed by atoms with E-state index in [0.29, 0.717) is 25.4 Å². The number of likely N-dealkylation sites (tertiary alicyclic amines) is 1. The first kappa shape index (κ1) is 13.8. The third-order valence-corrected chi connectivity index (χ3v) is 4.09. The molecular formula is C13H21N3O3. The van der Waals surface area contributed by atoms with Crippen molar-refractivity contribution in [3.8, 4) is 0 Å². The van der Waals surface area contributed by atoms with Crippen LogP contribution in [-0.4, -0.2) is 60.2 Å². The Morgan fingerprint density at radius 1 is 1.42 bits per heavy atom. The molecule has 0 bridgehead atoms. The van der Waals surface area contributed by atoms with Crippen molar-refractivity contribution in [1.82, 2.24) is 15.1 Å². The van der Waals surface area contributed by atoms with Gasteiger partial charge in [-0.2, -0.15) is 0 Å². The van der Waals surface area contributed by atoms with Crippen LogP contribution in [0.15, 0.2) is 0 Å². The monoisotopic (exact) mass is 267 g/mol. The standard InChI is InChI=1S/C13H21N3O3/c1-9(17)15(2)8-13(19)16-6-5-11-10(7-16)3-4-12(18)14-11/h10-11H,3-8H2,1-2H3,(H,14,18). The molecule has 0 spiro atoms. The lowest BCUT2D eigenvalue weighted by atomic mass is 9.85. The van der Waals surface area contributed by atoms with Crippen LogP contribution >= 0.6 is 0 Å². The van der Waals surface area contributed by atoms with E-state index < -0.39 is 0 Å². The molecule has 6 nitrogen and oxygen atoms in total. The molecule has 0 aromatic carbocycles. The maximum absolute atomic E-state index is 12.1. The molecule has 2 heterocycles. The fourth-order valence-corrected chi connectivity index (χ4v) is 2.75. The predicted octanol–water partition coefficient (Wildman–Crippen LogP) is -0.408. The summed E-state index contributed by atoms with van der Waals surface area (Å²) in [5, 5.41) is 3.00. The minimum absolute atomic E-state index is 0.00644. The number of nitrogens with one attached hydrogen (secondary N) is 1. The molecule has 2 atom stereocenters. The maximum atomic E-state index is 12.1. The smallest absolute Gasteiger partial charge is 0.242 e. The van der Waals surface area contributed by atoms with E-state index >= 15 is 0 Å². The van der Waals surface area contributed by atoms with E-state index in [1.807, 2.05) is 4.90 Å². The Morgan fingerprint density at radius 3 is 2.84 bits per heavy atom. The van der Waals surface area contributed by atoms with Crippen LogP contribution in [-0.2, 0) is 14.4 Å². The van der Waals surface area contributed by atoms with Crippen molar-refractivity contribution in [3.05, 3.63) is 0 Å². The number of amides is 3. The van der Waals surface area contributed by atoms with Gasteiger partial charge in [0.15, 0.2) is 0 Å². The van der Waals surface area contributed by atoms with Crippen molar-refractivity contribution in [3.63, 3.8) is 0 Å².